The highest BCUT2D eigenvalue weighted by Gasteiger charge is 2.34. The number of carbonyl (C=O) groups is 3. The monoisotopic (exact) mass is 426 g/mol. The zero-order valence-corrected chi connectivity index (χ0v) is 18.3. The van der Waals surface area contributed by atoms with Crippen molar-refractivity contribution in [1.29, 1.82) is 0 Å². The number of rotatable bonds is 7. The molecule has 1 aromatic heterocycles. The van der Waals surface area contributed by atoms with Crippen molar-refractivity contribution in [2.45, 2.75) is 46.1 Å². The summed E-state index contributed by atoms with van der Waals surface area (Å²) in [6.07, 6.45) is 1.89. The van der Waals surface area contributed by atoms with Gasteiger partial charge in [-0.3, -0.25) is 14.4 Å². The molecular formula is C23H30N4O4. The highest BCUT2D eigenvalue weighted by molar-refractivity contribution is 5.97. The van der Waals surface area contributed by atoms with Crippen LogP contribution < -0.4 is 10.6 Å². The number of anilines is 1. The van der Waals surface area contributed by atoms with Crippen molar-refractivity contribution >= 4 is 23.5 Å². The van der Waals surface area contributed by atoms with Crippen molar-refractivity contribution in [3.8, 4) is 0 Å². The van der Waals surface area contributed by atoms with Crippen LogP contribution in [0.15, 0.2) is 40.9 Å². The number of aryl methyl sites for hydroxylation is 1. The lowest BCUT2D eigenvalue weighted by molar-refractivity contribution is -0.137. The van der Waals surface area contributed by atoms with Gasteiger partial charge in [-0.15, -0.1) is 0 Å². The van der Waals surface area contributed by atoms with E-state index in [2.05, 4.69) is 15.8 Å². The van der Waals surface area contributed by atoms with Gasteiger partial charge in [-0.25, -0.2) is 0 Å². The molecule has 1 fully saturated rings. The Labute approximate surface area is 182 Å². The number of piperidine rings is 1. The molecule has 1 aromatic carbocycles. The van der Waals surface area contributed by atoms with E-state index in [1.165, 1.54) is 0 Å². The molecule has 2 atom stereocenters. The molecule has 8 nitrogen and oxygen atoms in total. The summed E-state index contributed by atoms with van der Waals surface area (Å²) in [6.45, 7) is 6.68. The van der Waals surface area contributed by atoms with Crippen LogP contribution in [0, 0.1) is 18.8 Å². The third-order valence-corrected chi connectivity index (χ3v) is 5.86. The third kappa shape index (κ3) is 5.71. The van der Waals surface area contributed by atoms with Crippen LogP contribution >= 0.6 is 0 Å². The predicted molar refractivity (Wildman–Crippen MR) is 116 cm³/mol. The molecule has 0 bridgehead atoms. The van der Waals surface area contributed by atoms with Gasteiger partial charge in [0.1, 0.15) is 11.8 Å². The number of aromatic nitrogens is 1. The first-order valence-electron chi connectivity index (χ1n) is 10.8. The van der Waals surface area contributed by atoms with Crippen molar-refractivity contribution in [3.05, 3.63) is 47.7 Å². The Bertz CT molecular complexity index is 903. The van der Waals surface area contributed by atoms with E-state index >= 15 is 0 Å². The first-order valence-corrected chi connectivity index (χ1v) is 10.8. The maximum absolute atomic E-state index is 13.2. The second-order valence-corrected chi connectivity index (χ2v) is 8.11. The van der Waals surface area contributed by atoms with Crippen LogP contribution in [0.5, 0.6) is 0 Å². The van der Waals surface area contributed by atoms with E-state index in [4.69, 9.17) is 4.52 Å². The maximum Gasteiger partial charge on any atom is 0.251 e. The van der Waals surface area contributed by atoms with Gasteiger partial charge in [0, 0.05) is 30.6 Å². The van der Waals surface area contributed by atoms with E-state index in [9.17, 15) is 14.4 Å². The smallest absolute Gasteiger partial charge is 0.251 e. The van der Waals surface area contributed by atoms with Crippen molar-refractivity contribution in [2.75, 3.05) is 18.4 Å². The van der Waals surface area contributed by atoms with Crippen LogP contribution in [0.4, 0.5) is 5.82 Å². The first kappa shape index (κ1) is 22.5. The fourth-order valence-corrected chi connectivity index (χ4v) is 3.71. The number of amides is 3. The van der Waals surface area contributed by atoms with Gasteiger partial charge in [0.25, 0.3) is 5.91 Å². The molecule has 3 amide bonds. The average molecular weight is 427 g/mol. The van der Waals surface area contributed by atoms with Crippen LogP contribution in [0.1, 0.15) is 49.2 Å². The van der Waals surface area contributed by atoms with E-state index in [0.717, 1.165) is 6.42 Å². The minimum atomic E-state index is -0.596. The van der Waals surface area contributed by atoms with Crippen LogP contribution in [-0.4, -0.2) is 46.9 Å². The van der Waals surface area contributed by atoms with Gasteiger partial charge in [-0.2, -0.15) is 0 Å². The molecule has 3 rings (SSSR count). The fraction of sp³-hybridized carbons (Fsp3) is 0.478. The topological polar surface area (TPSA) is 105 Å². The SMILES string of the molecule is CCC(C)C(NC(=O)c1ccccc1)C(=O)N1CCC(C(=O)Nc2cc(C)on2)CC1. The molecule has 2 unspecified atom stereocenters. The number of hydrogen-bond acceptors (Lipinski definition) is 5. The number of benzene rings is 1. The van der Waals surface area contributed by atoms with Gasteiger partial charge in [-0.1, -0.05) is 43.6 Å². The quantitative estimate of drug-likeness (QED) is 0.708. The minimum absolute atomic E-state index is 0.00316. The molecule has 2 N–H and O–H groups in total. The normalized spacial score (nSPS) is 16.4. The predicted octanol–water partition coefficient (Wildman–Crippen LogP) is 3.00. The molecule has 1 aliphatic rings. The van der Waals surface area contributed by atoms with E-state index < -0.39 is 6.04 Å². The Balaban J connectivity index is 1.58. The van der Waals surface area contributed by atoms with Gasteiger partial charge >= 0.3 is 0 Å². The van der Waals surface area contributed by atoms with Gasteiger partial charge < -0.3 is 20.1 Å². The van der Waals surface area contributed by atoms with E-state index in [-0.39, 0.29) is 29.6 Å². The Hall–Kier alpha value is -3.16. The second kappa shape index (κ2) is 10.2. The minimum Gasteiger partial charge on any atom is -0.360 e. The first-order chi connectivity index (χ1) is 14.9. The molecule has 0 spiro atoms. The van der Waals surface area contributed by atoms with Crippen molar-refractivity contribution in [3.63, 3.8) is 0 Å². The highest BCUT2D eigenvalue weighted by atomic mass is 16.5. The molecule has 0 aliphatic carbocycles. The molecule has 0 saturated carbocycles. The number of hydrogen-bond donors (Lipinski definition) is 2. The van der Waals surface area contributed by atoms with Crippen LogP contribution in [0.3, 0.4) is 0 Å². The molecule has 1 saturated heterocycles. The Kier molecular flexibility index (Phi) is 7.44. The largest absolute Gasteiger partial charge is 0.360 e. The zero-order chi connectivity index (χ0) is 22.4. The molecule has 2 aromatic rings. The van der Waals surface area contributed by atoms with Crippen molar-refractivity contribution in [1.82, 2.24) is 15.4 Å². The molecule has 0 radical (unpaired) electrons. The summed E-state index contributed by atoms with van der Waals surface area (Å²) in [6, 6.07) is 9.97. The fourth-order valence-electron chi connectivity index (χ4n) is 3.71. The molecule has 31 heavy (non-hydrogen) atoms. The summed E-state index contributed by atoms with van der Waals surface area (Å²) in [5.41, 5.74) is 0.530. The number of likely N-dealkylation sites (tertiary alicyclic amines) is 1. The van der Waals surface area contributed by atoms with E-state index in [0.29, 0.717) is 43.1 Å². The van der Waals surface area contributed by atoms with Gasteiger partial charge in [0.2, 0.25) is 11.8 Å². The lowest BCUT2D eigenvalue weighted by Crippen LogP contribution is -2.53. The van der Waals surface area contributed by atoms with Gasteiger partial charge in [0.15, 0.2) is 5.82 Å². The van der Waals surface area contributed by atoms with Crippen molar-refractivity contribution < 1.29 is 18.9 Å². The summed E-state index contributed by atoms with van der Waals surface area (Å²) in [5.74, 6) is 0.377. The van der Waals surface area contributed by atoms with Crippen LogP contribution in [0.25, 0.3) is 0 Å². The third-order valence-electron chi connectivity index (χ3n) is 5.86. The summed E-state index contributed by atoms with van der Waals surface area (Å²) in [7, 11) is 0. The average Bonchev–Trinajstić information content (AvgIpc) is 3.21. The molecule has 1 aliphatic heterocycles. The summed E-state index contributed by atoms with van der Waals surface area (Å²) >= 11 is 0. The number of nitrogens with one attached hydrogen (secondary N) is 2. The molecular weight excluding hydrogens is 396 g/mol. The number of nitrogens with zero attached hydrogens (tertiary/aromatic N) is 2. The lowest BCUT2D eigenvalue weighted by Gasteiger charge is -2.35. The highest BCUT2D eigenvalue weighted by Crippen LogP contribution is 2.22. The second-order valence-electron chi connectivity index (χ2n) is 8.11. The summed E-state index contributed by atoms with van der Waals surface area (Å²) in [5, 5.41) is 9.48. The standard InChI is InChI=1S/C23H30N4O4/c1-4-15(2)20(25-22(29)17-8-6-5-7-9-17)23(30)27-12-10-18(11-13-27)21(28)24-19-14-16(3)31-26-19/h5-9,14-15,18,20H,4,10-13H2,1-3H3,(H,25,29)(H,24,26,28). The lowest BCUT2D eigenvalue weighted by atomic mass is 9.93. The summed E-state index contributed by atoms with van der Waals surface area (Å²) < 4.78 is 4.97. The summed E-state index contributed by atoms with van der Waals surface area (Å²) in [4.78, 5) is 40.1. The Morgan fingerprint density at radius 3 is 2.45 bits per heavy atom. The van der Waals surface area contributed by atoms with Gasteiger partial charge in [-0.05, 0) is 37.8 Å². The number of carbonyl (C=O) groups excluding carboxylic acids is 3. The maximum atomic E-state index is 13.2. The van der Waals surface area contributed by atoms with E-state index in [1.807, 2.05) is 19.9 Å². The Morgan fingerprint density at radius 1 is 1.19 bits per heavy atom. The molecule has 2 heterocycles. The van der Waals surface area contributed by atoms with Crippen LogP contribution in [-0.2, 0) is 9.59 Å². The molecule has 166 valence electrons. The molecule has 8 heteroatoms. The van der Waals surface area contributed by atoms with Crippen LogP contribution in [0.2, 0.25) is 0 Å². The van der Waals surface area contributed by atoms with E-state index in [1.54, 1.807) is 42.2 Å². The van der Waals surface area contributed by atoms with Gasteiger partial charge in [0.05, 0.1) is 0 Å². The zero-order valence-electron chi connectivity index (χ0n) is 18.3. The van der Waals surface area contributed by atoms with Crippen molar-refractivity contribution in [2.24, 2.45) is 11.8 Å². The Morgan fingerprint density at radius 2 is 1.87 bits per heavy atom.